The van der Waals surface area contributed by atoms with Crippen LogP contribution in [0.15, 0.2) is 27.5 Å². The van der Waals surface area contributed by atoms with Crippen molar-refractivity contribution in [2.45, 2.75) is 52.0 Å². The molecule has 3 nitrogen and oxygen atoms in total. The van der Waals surface area contributed by atoms with Crippen LogP contribution in [0.2, 0.25) is 0 Å². The molecule has 3 heteroatoms. The fraction of sp³-hybridized carbons (Fsp3) is 0.500. The van der Waals surface area contributed by atoms with Crippen molar-refractivity contribution in [3.8, 4) is 0 Å². The highest BCUT2D eigenvalue weighted by atomic mass is 16.4. The molecular weight excluding hydrogens is 238 g/mol. The number of fused-ring (bicyclic) bond motifs is 1. The molecule has 0 unspecified atom stereocenters. The Morgan fingerprint density at radius 1 is 1.16 bits per heavy atom. The van der Waals surface area contributed by atoms with E-state index in [-0.39, 0.29) is 5.76 Å². The van der Waals surface area contributed by atoms with Gasteiger partial charge in [-0.25, -0.2) is 0 Å². The molecule has 1 aromatic heterocycles. The van der Waals surface area contributed by atoms with Crippen LogP contribution < -0.4 is 10.3 Å². The van der Waals surface area contributed by atoms with E-state index in [1.165, 1.54) is 24.8 Å². The third-order valence-corrected chi connectivity index (χ3v) is 4.09. The van der Waals surface area contributed by atoms with Crippen molar-refractivity contribution in [3.05, 3.63) is 40.0 Å². The van der Waals surface area contributed by atoms with E-state index in [2.05, 4.69) is 19.1 Å². The number of benzene rings is 1. The van der Waals surface area contributed by atoms with E-state index in [1.54, 1.807) is 4.57 Å². The van der Waals surface area contributed by atoms with Gasteiger partial charge in [0.1, 0.15) is 0 Å². The zero-order valence-electron chi connectivity index (χ0n) is 11.6. The van der Waals surface area contributed by atoms with Crippen molar-refractivity contribution in [2.24, 2.45) is 0 Å². The first-order valence-electron chi connectivity index (χ1n) is 7.11. The Kier molecular flexibility index (Phi) is 3.13. The Morgan fingerprint density at radius 3 is 2.63 bits per heavy atom. The maximum atomic E-state index is 12.2. The molecule has 1 aromatic carbocycles. The van der Waals surface area contributed by atoms with Crippen molar-refractivity contribution in [3.63, 3.8) is 0 Å². The van der Waals surface area contributed by atoms with Crippen LogP contribution in [-0.2, 0) is 0 Å². The summed E-state index contributed by atoms with van der Waals surface area (Å²) >= 11 is 0. The first kappa shape index (κ1) is 12.4. The maximum absolute atomic E-state index is 12.2. The molecule has 1 aliphatic rings. The summed E-state index contributed by atoms with van der Waals surface area (Å²) in [5.74, 6) is -0.216. The van der Waals surface area contributed by atoms with Gasteiger partial charge < -0.3 is 4.42 Å². The minimum atomic E-state index is -0.216. The van der Waals surface area contributed by atoms with Crippen molar-refractivity contribution in [2.75, 3.05) is 0 Å². The quantitative estimate of drug-likeness (QED) is 0.736. The fourth-order valence-electron chi connectivity index (χ4n) is 3.18. The van der Waals surface area contributed by atoms with E-state index < -0.39 is 0 Å². The number of nitrogens with zero attached hydrogens (tertiary/aromatic N) is 1. The number of aromatic nitrogens is 1. The predicted octanol–water partition coefficient (Wildman–Crippen LogP) is 3.20. The van der Waals surface area contributed by atoms with E-state index in [4.69, 9.17) is 4.42 Å². The second-order valence-electron chi connectivity index (χ2n) is 5.70. The van der Waals surface area contributed by atoms with Gasteiger partial charge in [-0.2, -0.15) is 4.79 Å². The molecule has 0 N–H and O–H groups in total. The summed E-state index contributed by atoms with van der Waals surface area (Å²) in [6, 6.07) is 4.45. The lowest BCUT2D eigenvalue weighted by molar-refractivity contribution is -0.747. The number of hydrogen-bond acceptors (Lipinski definition) is 2. The first-order chi connectivity index (χ1) is 9.15. The van der Waals surface area contributed by atoms with Crippen molar-refractivity contribution < 1.29 is 8.98 Å². The molecule has 1 saturated carbocycles. The van der Waals surface area contributed by atoms with E-state index >= 15 is 0 Å². The van der Waals surface area contributed by atoms with E-state index in [9.17, 15) is 4.79 Å². The molecule has 0 aliphatic heterocycles. The van der Waals surface area contributed by atoms with Crippen molar-refractivity contribution in [1.29, 1.82) is 0 Å². The molecule has 0 spiro atoms. The van der Waals surface area contributed by atoms with Crippen LogP contribution in [0.25, 0.3) is 11.0 Å². The average molecular weight is 258 g/mol. The van der Waals surface area contributed by atoms with Crippen LogP contribution in [0.3, 0.4) is 0 Å². The summed E-state index contributed by atoms with van der Waals surface area (Å²) in [6.07, 6.45) is 7.87. The average Bonchev–Trinajstić information content (AvgIpc) is 2.40. The third kappa shape index (κ3) is 2.29. The van der Waals surface area contributed by atoms with Crippen LogP contribution in [0, 0.1) is 13.8 Å². The molecular formula is C16H20NO2+. The van der Waals surface area contributed by atoms with Gasteiger partial charge in [0, 0.05) is 12.8 Å². The summed E-state index contributed by atoms with van der Waals surface area (Å²) in [4.78, 5) is 12.2. The molecule has 2 aromatic rings. The van der Waals surface area contributed by atoms with Gasteiger partial charge in [-0.3, -0.25) is 0 Å². The maximum Gasteiger partial charge on any atom is 0.602 e. The molecule has 1 fully saturated rings. The largest absolute Gasteiger partial charge is 0.602 e. The van der Waals surface area contributed by atoms with Gasteiger partial charge in [0.25, 0.3) is 0 Å². The fourth-order valence-corrected chi connectivity index (χ4v) is 3.18. The van der Waals surface area contributed by atoms with Gasteiger partial charge in [-0.15, -0.1) is 4.57 Å². The van der Waals surface area contributed by atoms with Crippen LogP contribution in [0.1, 0.15) is 49.3 Å². The third-order valence-electron chi connectivity index (χ3n) is 4.09. The molecule has 100 valence electrons. The van der Waals surface area contributed by atoms with E-state index in [0.29, 0.717) is 6.04 Å². The standard InChI is InChI=1S/C16H20NO2/c1-11-8-12(2)15-13(9-11)10-17(16(18)19-15)14-6-4-3-5-7-14/h8-10,14H,3-7H2,1-2H3/q+1. The van der Waals surface area contributed by atoms with Crippen molar-refractivity contribution >= 4 is 11.0 Å². The number of aryl methyl sites for hydroxylation is 2. The molecule has 19 heavy (non-hydrogen) atoms. The molecule has 3 rings (SSSR count). The lowest BCUT2D eigenvalue weighted by Gasteiger charge is -2.16. The smallest absolute Gasteiger partial charge is 0.371 e. The number of hydrogen-bond donors (Lipinski definition) is 0. The van der Waals surface area contributed by atoms with Gasteiger partial charge in [-0.05, 0) is 43.9 Å². The summed E-state index contributed by atoms with van der Waals surface area (Å²) in [7, 11) is 0. The zero-order valence-corrected chi connectivity index (χ0v) is 11.6. The van der Waals surface area contributed by atoms with Gasteiger partial charge in [-0.1, -0.05) is 12.5 Å². The van der Waals surface area contributed by atoms with Gasteiger partial charge in [0.15, 0.2) is 17.8 Å². The molecule has 1 heterocycles. The Hall–Kier alpha value is -1.64. The van der Waals surface area contributed by atoms with Crippen LogP contribution in [0.4, 0.5) is 0 Å². The Balaban J connectivity index is 2.15. The zero-order chi connectivity index (χ0) is 13.4. The molecule has 0 bridgehead atoms. The summed E-state index contributed by atoms with van der Waals surface area (Å²) in [5.41, 5.74) is 2.96. The van der Waals surface area contributed by atoms with Crippen LogP contribution >= 0.6 is 0 Å². The van der Waals surface area contributed by atoms with Gasteiger partial charge in [0.05, 0.1) is 5.39 Å². The number of rotatable bonds is 1. The van der Waals surface area contributed by atoms with Crippen molar-refractivity contribution in [1.82, 2.24) is 0 Å². The highest BCUT2D eigenvalue weighted by Crippen LogP contribution is 2.24. The topological polar surface area (TPSA) is 34.1 Å². The van der Waals surface area contributed by atoms with E-state index in [1.807, 2.05) is 13.1 Å². The first-order valence-corrected chi connectivity index (χ1v) is 7.11. The Bertz CT molecular complexity index is 666. The second kappa shape index (κ2) is 4.80. The summed E-state index contributed by atoms with van der Waals surface area (Å²) in [6.45, 7) is 4.06. The lowest BCUT2D eigenvalue weighted by atomic mass is 9.95. The summed E-state index contributed by atoms with van der Waals surface area (Å²) < 4.78 is 7.35. The monoisotopic (exact) mass is 258 g/mol. The molecule has 1 aliphatic carbocycles. The Morgan fingerprint density at radius 2 is 1.89 bits per heavy atom. The SMILES string of the molecule is Cc1cc(C)c2oc(=O)[n+](C3CCCCC3)cc2c1. The van der Waals surface area contributed by atoms with Crippen LogP contribution in [-0.4, -0.2) is 0 Å². The minimum absolute atomic E-state index is 0.216. The van der Waals surface area contributed by atoms with E-state index in [0.717, 1.165) is 29.4 Å². The van der Waals surface area contributed by atoms with Crippen LogP contribution in [0.5, 0.6) is 0 Å². The second-order valence-corrected chi connectivity index (χ2v) is 5.70. The molecule has 0 saturated heterocycles. The predicted molar refractivity (Wildman–Crippen MR) is 74.3 cm³/mol. The molecule has 0 amide bonds. The lowest BCUT2D eigenvalue weighted by Crippen LogP contribution is -2.53. The minimum Gasteiger partial charge on any atom is -0.371 e. The normalized spacial score (nSPS) is 16.9. The molecule has 0 radical (unpaired) electrons. The Labute approximate surface area is 112 Å². The molecule has 0 atom stereocenters. The van der Waals surface area contributed by atoms with Gasteiger partial charge in [0.2, 0.25) is 0 Å². The highest BCUT2D eigenvalue weighted by Gasteiger charge is 2.26. The summed E-state index contributed by atoms with van der Waals surface area (Å²) in [5, 5.41) is 1.03. The van der Waals surface area contributed by atoms with Gasteiger partial charge >= 0.3 is 5.76 Å². The highest BCUT2D eigenvalue weighted by molar-refractivity contribution is 5.78.